The number of hydrogen-bond acceptors (Lipinski definition) is 8. The van der Waals surface area contributed by atoms with Crippen molar-refractivity contribution in [3.8, 4) is 0 Å². The first-order valence-corrected chi connectivity index (χ1v) is 8.88. The quantitative estimate of drug-likeness (QED) is 0.395. The molecule has 0 spiro atoms. The zero-order chi connectivity index (χ0) is 20.4. The summed E-state index contributed by atoms with van der Waals surface area (Å²) in [6.07, 6.45) is 2.67. The van der Waals surface area contributed by atoms with Crippen LogP contribution in [0.2, 0.25) is 0 Å². The summed E-state index contributed by atoms with van der Waals surface area (Å²) in [7, 11) is 0. The van der Waals surface area contributed by atoms with Gasteiger partial charge in [0, 0.05) is 25.1 Å². The molecule has 29 heavy (non-hydrogen) atoms. The summed E-state index contributed by atoms with van der Waals surface area (Å²) < 4.78 is 24.6. The van der Waals surface area contributed by atoms with Crippen LogP contribution in [0.25, 0.3) is 0 Å². The van der Waals surface area contributed by atoms with Crippen molar-refractivity contribution in [3.63, 3.8) is 0 Å². The van der Waals surface area contributed by atoms with Gasteiger partial charge in [0.05, 0.1) is 23.7 Å². The minimum atomic E-state index is -0.644. The first kappa shape index (κ1) is 18.6. The molecule has 0 unspecified atom stereocenters. The Labute approximate surface area is 162 Å². The van der Waals surface area contributed by atoms with Gasteiger partial charge in [-0.05, 0) is 31.0 Å². The number of nitrogens with one attached hydrogen (secondary N) is 1. The number of nitrogens with zero attached hydrogens (tertiary/aromatic N) is 4. The molecular weight excluding hydrogens is 385 g/mol. The van der Waals surface area contributed by atoms with Crippen LogP contribution in [-0.2, 0) is 0 Å². The minimum Gasteiger partial charge on any atom is -0.400 e. The Balaban J connectivity index is 1.41. The maximum atomic E-state index is 14.6. The van der Waals surface area contributed by atoms with E-state index in [2.05, 4.69) is 15.2 Å². The molecule has 150 valence electrons. The van der Waals surface area contributed by atoms with Crippen LogP contribution in [0.5, 0.6) is 0 Å². The average molecular weight is 401 g/mol. The zero-order valence-electron chi connectivity index (χ0n) is 15.1. The van der Waals surface area contributed by atoms with E-state index in [9.17, 15) is 19.3 Å². The Morgan fingerprint density at radius 3 is 2.69 bits per heavy atom. The van der Waals surface area contributed by atoms with E-state index in [4.69, 9.17) is 8.83 Å². The lowest BCUT2D eigenvalue weighted by molar-refractivity contribution is -0.402. The summed E-state index contributed by atoms with van der Waals surface area (Å²) in [5.41, 5.74) is 0.818. The van der Waals surface area contributed by atoms with E-state index in [-0.39, 0.29) is 17.6 Å². The maximum absolute atomic E-state index is 14.6. The van der Waals surface area contributed by atoms with Gasteiger partial charge in [-0.1, -0.05) is 0 Å². The zero-order valence-corrected chi connectivity index (χ0v) is 15.1. The van der Waals surface area contributed by atoms with Crippen molar-refractivity contribution in [2.45, 2.75) is 18.8 Å². The lowest BCUT2D eigenvalue weighted by Gasteiger charge is -2.32. The molecular formula is C18H16FN5O5. The number of hydrogen-bond donors (Lipinski definition) is 1. The Morgan fingerprint density at radius 2 is 2.07 bits per heavy atom. The number of halogens is 1. The Kier molecular flexibility index (Phi) is 4.94. The van der Waals surface area contributed by atoms with Crippen LogP contribution in [-0.4, -0.2) is 34.4 Å². The number of aliphatic imine (C=N–C) groups is 1. The number of H-pyrrole nitrogens is 1. The van der Waals surface area contributed by atoms with E-state index < -0.39 is 16.5 Å². The van der Waals surface area contributed by atoms with E-state index in [0.29, 0.717) is 43.2 Å². The van der Waals surface area contributed by atoms with Crippen LogP contribution >= 0.6 is 0 Å². The normalized spacial score (nSPS) is 15.3. The highest BCUT2D eigenvalue weighted by Gasteiger charge is 2.25. The Morgan fingerprint density at radius 1 is 1.28 bits per heavy atom. The molecule has 0 amide bonds. The van der Waals surface area contributed by atoms with Crippen molar-refractivity contribution in [2.24, 2.45) is 4.99 Å². The highest BCUT2D eigenvalue weighted by Crippen LogP contribution is 2.31. The van der Waals surface area contributed by atoms with Crippen molar-refractivity contribution >= 4 is 23.5 Å². The molecule has 2 aromatic heterocycles. The van der Waals surface area contributed by atoms with E-state index in [0.717, 1.165) is 0 Å². The van der Waals surface area contributed by atoms with Crippen LogP contribution in [0.1, 0.15) is 30.4 Å². The number of nitro groups is 1. The van der Waals surface area contributed by atoms with Crippen LogP contribution in [0, 0.1) is 15.9 Å². The number of furan rings is 1. The van der Waals surface area contributed by atoms with Gasteiger partial charge in [-0.3, -0.25) is 15.1 Å². The van der Waals surface area contributed by atoms with Gasteiger partial charge < -0.3 is 13.7 Å². The fraction of sp³-hybridized carbons (Fsp3) is 0.278. The smallest absolute Gasteiger partial charge is 0.400 e. The molecule has 1 fully saturated rings. The first-order valence-electron chi connectivity index (χ1n) is 8.88. The van der Waals surface area contributed by atoms with E-state index >= 15 is 0 Å². The number of aromatic amines is 1. The van der Waals surface area contributed by atoms with Crippen LogP contribution in [0.3, 0.4) is 0 Å². The van der Waals surface area contributed by atoms with E-state index in [1.54, 1.807) is 12.1 Å². The van der Waals surface area contributed by atoms with Gasteiger partial charge in [0.15, 0.2) is 5.76 Å². The molecule has 0 bridgehead atoms. The minimum absolute atomic E-state index is 0.0227. The van der Waals surface area contributed by atoms with Crippen LogP contribution in [0.4, 0.5) is 21.6 Å². The predicted molar refractivity (Wildman–Crippen MR) is 100 cm³/mol. The molecule has 1 aromatic carbocycles. The second-order valence-electron chi connectivity index (χ2n) is 6.54. The second kappa shape index (κ2) is 7.70. The summed E-state index contributed by atoms with van der Waals surface area (Å²) in [6, 6.07) is 7.23. The average Bonchev–Trinajstić information content (AvgIpc) is 3.36. The SMILES string of the molecule is O=c1[nH]nc(C2CCN(c3ccc(/N=C/c4ccc([N+](=O)[O-])o4)cc3F)CC2)o1. The molecule has 0 atom stereocenters. The predicted octanol–water partition coefficient (Wildman–Crippen LogP) is 3.14. The molecule has 0 radical (unpaired) electrons. The van der Waals surface area contributed by atoms with Gasteiger partial charge in [-0.15, -0.1) is 5.10 Å². The first-order chi connectivity index (χ1) is 14.0. The topological polar surface area (TPSA) is 131 Å². The number of benzene rings is 1. The number of aromatic nitrogens is 2. The van der Waals surface area contributed by atoms with Crippen molar-refractivity contribution in [2.75, 3.05) is 18.0 Å². The maximum Gasteiger partial charge on any atom is 0.434 e. The third-order valence-electron chi connectivity index (χ3n) is 4.70. The second-order valence-corrected chi connectivity index (χ2v) is 6.54. The molecule has 1 aliphatic rings. The third-order valence-corrected chi connectivity index (χ3v) is 4.70. The summed E-state index contributed by atoms with van der Waals surface area (Å²) in [5, 5.41) is 16.7. The number of rotatable bonds is 5. The van der Waals surface area contributed by atoms with Crippen LogP contribution < -0.4 is 10.7 Å². The molecule has 1 aliphatic heterocycles. The van der Waals surface area contributed by atoms with Crippen molar-refractivity contribution in [3.05, 3.63) is 68.5 Å². The Bertz CT molecular complexity index is 1110. The van der Waals surface area contributed by atoms with Gasteiger partial charge in [-0.25, -0.2) is 14.3 Å². The van der Waals surface area contributed by atoms with Crippen LogP contribution in [0.15, 0.2) is 49.0 Å². The van der Waals surface area contributed by atoms with Gasteiger partial charge in [0.1, 0.15) is 10.7 Å². The van der Waals surface area contributed by atoms with Gasteiger partial charge in [0.25, 0.3) is 0 Å². The molecule has 10 nitrogen and oxygen atoms in total. The van der Waals surface area contributed by atoms with E-state index in [1.807, 2.05) is 4.90 Å². The van der Waals surface area contributed by atoms with Crippen molar-refractivity contribution < 1.29 is 18.1 Å². The fourth-order valence-electron chi connectivity index (χ4n) is 3.26. The van der Waals surface area contributed by atoms with Crippen molar-refractivity contribution in [1.82, 2.24) is 10.2 Å². The third kappa shape index (κ3) is 4.08. The lowest BCUT2D eigenvalue weighted by Crippen LogP contribution is -2.33. The monoisotopic (exact) mass is 401 g/mol. The molecule has 0 aliphatic carbocycles. The number of piperidine rings is 1. The lowest BCUT2D eigenvalue weighted by atomic mass is 9.96. The molecule has 3 heterocycles. The molecule has 11 heteroatoms. The molecule has 3 aromatic rings. The fourth-order valence-corrected chi connectivity index (χ4v) is 3.26. The number of anilines is 1. The standard InChI is InChI=1S/C18H16FN5O5/c19-14-9-12(20-10-13-2-4-16(28-13)24(26)27)1-3-15(14)23-7-5-11(6-8-23)17-21-22-18(25)29-17/h1-4,9-11H,5-8H2,(H,22,25)/b20-10+. The summed E-state index contributed by atoms with van der Waals surface area (Å²) in [6.45, 7) is 1.19. The molecule has 0 saturated carbocycles. The summed E-state index contributed by atoms with van der Waals surface area (Å²) >= 11 is 0. The Hall–Kier alpha value is -3.76. The highest BCUT2D eigenvalue weighted by atomic mass is 19.1. The van der Waals surface area contributed by atoms with Gasteiger partial charge >= 0.3 is 11.6 Å². The highest BCUT2D eigenvalue weighted by molar-refractivity contribution is 5.79. The summed E-state index contributed by atoms with van der Waals surface area (Å²) in [4.78, 5) is 27.1. The van der Waals surface area contributed by atoms with Gasteiger partial charge in [-0.2, -0.15) is 0 Å². The molecule has 4 rings (SSSR count). The molecule has 1 N–H and O–H groups in total. The molecule has 1 saturated heterocycles. The largest absolute Gasteiger partial charge is 0.434 e. The van der Waals surface area contributed by atoms with Gasteiger partial charge in [0.2, 0.25) is 5.89 Å². The summed E-state index contributed by atoms with van der Waals surface area (Å²) in [5.74, 6) is -0.769. The van der Waals surface area contributed by atoms with Crippen molar-refractivity contribution in [1.29, 1.82) is 0 Å². The van der Waals surface area contributed by atoms with E-state index in [1.165, 1.54) is 24.4 Å².